The molecule has 3 rings (SSSR count). The smallest absolute Gasteiger partial charge is 1.00 e. The Morgan fingerprint density at radius 2 is 1.69 bits per heavy atom. The van der Waals surface area contributed by atoms with Gasteiger partial charge in [-0.15, -0.1) is 0 Å². The van der Waals surface area contributed by atoms with E-state index in [4.69, 9.17) is 0 Å². The van der Waals surface area contributed by atoms with Gasteiger partial charge < -0.3 is 24.8 Å². The fraction of sp³-hybridized carbons (Fsp3) is 0.364. The van der Waals surface area contributed by atoms with Crippen LogP contribution in [0.1, 0.15) is 47.0 Å². The van der Waals surface area contributed by atoms with Crippen molar-refractivity contribution >= 4 is 12.0 Å². The number of aryl methyl sites for hydroxylation is 1. The van der Waals surface area contributed by atoms with Crippen molar-refractivity contribution in [3.05, 3.63) is 64.7 Å². The van der Waals surface area contributed by atoms with Gasteiger partial charge in [0.05, 0.1) is 0 Å². The molecule has 0 N–H and O–H groups in total. The van der Waals surface area contributed by atoms with Gasteiger partial charge in [-0.1, -0.05) is 0 Å². The minimum Gasteiger partial charge on any atom is -1.00 e. The Labute approximate surface area is 183 Å². The quantitative estimate of drug-likeness (QED) is 0.527. The van der Waals surface area contributed by atoms with Crippen LogP contribution >= 0.6 is 0 Å². The summed E-state index contributed by atoms with van der Waals surface area (Å²) in [5.41, 5.74) is 9.02. The molecule has 0 fully saturated rings. The summed E-state index contributed by atoms with van der Waals surface area (Å²) in [6, 6.07) is 16.3. The predicted molar refractivity (Wildman–Crippen MR) is 104 cm³/mol. The summed E-state index contributed by atoms with van der Waals surface area (Å²) in [7, 11) is 0. The first-order valence-corrected chi connectivity index (χ1v) is 16.7. The molecule has 0 saturated carbocycles. The molecule has 1 radical (unpaired) electrons. The molecule has 0 aromatic heterocycles. The molecule has 1 aliphatic rings. The van der Waals surface area contributed by atoms with E-state index in [1.54, 1.807) is 11.1 Å². The molecule has 0 spiro atoms. The largest absolute Gasteiger partial charge is 1.00 e. The zero-order valence-corrected chi connectivity index (χ0v) is 21.0. The summed E-state index contributed by atoms with van der Waals surface area (Å²) < 4.78 is 0.816. The van der Waals surface area contributed by atoms with Crippen LogP contribution in [0.5, 0.6) is 0 Å². The van der Waals surface area contributed by atoms with Crippen LogP contribution in [0.3, 0.4) is 0 Å². The minimum absolute atomic E-state index is 0. The van der Waals surface area contributed by atoms with Crippen molar-refractivity contribution in [2.45, 2.75) is 49.8 Å². The second kappa shape index (κ2) is 11.0. The van der Waals surface area contributed by atoms with Gasteiger partial charge in [-0.05, 0) is 0 Å². The number of benzene rings is 2. The number of hydrogen-bond donors (Lipinski definition) is 0. The summed E-state index contributed by atoms with van der Waals surface area (Å²) in [6.45, 7) is 9.62. The van der Waals surface area contributed by atoms with E-state index in [-0.39, 0.29) is 53.1 Å². The molecular weight excluding hydrogens is 454 g/mol. The van der Waals surface area contributed by atoms with Gasteiger partial charge >= 0.3 is 160 Å². The Morgan fingerprint density at radius 3 is 2.31 bits per heavy atom. The second-order valence-electron chi connectivity index (χ2n) is 7.07. The predicted octanol–water partition coefficient (Wildman–Crippen LogP) is 0.496. The van der Waals surface area contributed by atoms with Crippen molar-refractivity contribution in [2.75, 3.05) is 0 Å². The maximum atomic E-state index is 2.50. The Morgan fingerprint density at radius 1 is 1.00 bits per heavy atom. The summed E-state index contributed by atoms with van der Waals surface area (Å²) in [4.78, 5) is 0. The molecule has 1 atom stereocenters. The van der Waals surface area contributed by atoms with E-state index < -0.39 is 0 Å². The van der Waals surface area contributed by atoms with Crippen LogP contribution in [0, 0.1) is 0 Å². The number of allylic oxidation sites excluding steroid dienone is 1. The van der Waals surface area contributed by atoms with Gasteiger partial charge in [0.2, 0.25) is 0 Å². The van der Waals surface area contributed by atoms with Crippen LogP contribution in [0.15, 0.2) is 48.0 Å². The molecule has 1 aliphatic carbocycles. The topological polar surface area (TPSA) is 0 Å². The van der Waals surface area contributed by atoms with Crippen LogP contribution in [0.2, 0.25) is 13.1 Å². The van der Waals surface area contributed by atoms with E-state index >= 15 is 0 Å². The van der Waals surface area contributed by atoms with E-state index in [1.165, 1.54) is 41.5 Å². The number of fused-ring (bicyclic) bond motifs is 1. The van der Waals surface area contributed by atoms with Crippen LogP contribution in [0.25, 0.3) is 17.2 Å². The van der Waals surface area contributed by atoms with Crippen molar-refractivity contribution in [3.63, 3.8) is 0 Å². The van der Waals surface area contributed by atoms with Gasteiger partial charge in [0.25, 0.3) is 0 Å². The summed E-state index contributed by atoms with van der Waals surface area (Å²) in [5.74, 6) is -0.0536. The average Bonchev–Trinajstić information content (AvgIpc) is 2.89. The first-order valence-electron chi connectivity index (χ1n) is 9.07. The number of halogens is 2. The third kappa shape index (κ3) is 5.44. The molecule has 137 valence electrons. The van der Waals surface area contributed by atoms with E-state index in [2.05, 4.69) is 75.5 Å². The van der Waals surface area contributed by atoms with Crippen molar-refractivity contribution in [1.29, 1.82) is 0 Å². The van der Waals surface area contributed by atoms with Gasteiger partial charge in [-0.3, -0.25) is 0 Å². The van der Waals surface area contributed by atoms with Crippen LogP contribution in [-0.4, -0.2) is 5.92 Å². The zero-order chi connectivity index (χ0) is 17.1. The Bertz CT molecular complexity index is 738. The molecule has 0 nitrogen and oxygen atoms in total. The summed E-state index contributed by atoms with van der Waals surface area (Å²) in [6.07, 6.45) is 6.23. The fourth-order valence-electron chi connectivity index (χ4n) is 3.52. The molecule has 26 heavy (non-hydrogen) atoms. The normalized spacial score (nSPS) is 14.8. The van der Waals surface area contributed by atoms with Crippen molar-refractivity contribution < 1.29 is 47.2 Å². The van der Waals surface area contributed by atoms with Gasteiger partial charge in [0.15, 0.2) is 0 Å². The average molecular weight is 482 g/mol. The van der Waals surface area contributed by atoms with Crippen molar-refractivity contribution in [1.82, 2.24) is 0 Å². The van der Waals surface area contributed by atoms with E-state index in [1.807, 2.05) is 0 Å². The molecule has 0 saturated heterocycles. The molecule has 4 heteroatoms. The molecular formula is C22H27Cl2SiZr. The van der Waals surface area contributed by atoms with Crippen molar-refractivity contribution in [2.24, 2.45) is 0 Å². The molecule has 0 heterocycles. The SMILES string of the molecule is CCCCc1ccc(-c2cccc3c2C=C(C)[CH]3[Zr+2][Si](C)C)cc1.[Cl-].[Cl-]. The third-order valence-electron chi connectivity index (χ3n) is 4.80. The summed E-state index contributed by atoms with van der Waals surface area (Å²) >= 11 is -0.316. The van der Waals surface area contributed by atoms with Crippen molar-refractivity contribution in [3.8, 4) is 11.1 Å². The standard InChI is InChI=1S/C20H21.C2H6Si.2ClH.Zr/c1-3-4-6-16-9-11-17(12-10-16)19-8-5-7-18-13-15(2)14-20(18)19;1-3-2;;;/h5,7-14H,3-4,6H2,1-2H3;1-2H3;2*1H;/q;;;;+2/p-2. The van der Waals surface area contributed by atoms with Crippen LogP contribution < -0.4 is 24.8 Å². The van der Waals surface area contributed by atoms with Crippen LogP contribution in [-0.2, 0) is 28.8 Å². The molecule has 0 bridgehead atoms. The fourth-order valence-corrected chi connectivity index (χ4v) is 12.4. The summed E-state index contributed by atoms with van der Waals surface area (Å²) in [5, 5.41) is 0. The van der Waals surface area contributed by atoms with E-state index in [0.29, 0.717) is 0 Å². The Kier molecular flexibility index (Phi) is 10.1. The van der Waals surface area contributed by atoms with E-state index in [9.17, 15) is 0 Å². The molecule has 0 aliphatic heterocycles. The van der Waals surface area contributed by atoms with Crippen LogP contribution in [0.4, 0.5) is 0 Å². The minimum atomic E-state index is -0.316. The maximum Gasteiger partial charge on any atom is -1.00 e. The first-order chi connectivity index (χ1) is 11.6. The first kappa shape index (κ1) is 23.9. The van der Waals surface area contributed by atoms with Gasteiger partial charge in [0.1, 0.15) is 0 Å². The maximum absolute atomic E-state index is 2.50. The van der Waals surface area contributed by atoms with E-state index in [0.717, 1.165) is 3.63 Å². The molecule has 0 amide bonds. The monoisotopic (exact) mass is 479 g/mol. The molecule has 2 aromatic rings. The molecule has 2 aromatic carbocycles. The van der Waals surface area contributed by atoms with Gasteiger partial charge in [-0.2, -0.15) is 0 Å². The zero-order valence-electron chi connectivity index (χ0n) is 16.1. The Balaban J connectivity index is 0.00000169. The molecule has 1 unspecified atom stereocenters. The van der Waals surface area contributed by atoms with Gasteiger partial charge in [0, 0.05) is 0 Å². The number of unbranched alkanes of at least 4 members (excludes halogenated alkanes) is 1. The van der Waals surface area contributed by atoms with Gasteiger partial charge in [-0.25, -0.2) is 0 Å². The third-order valence-corrected chi connectivity index (χ3v) is 13.9. The number of rotatable bonds is 6. The number of hydrogen-bond acceptors (Lipinski definition) is 0. The Hall–Kier alpha value is -0.140. The second-order valence-corrected chi connectivity index (χ2v) is 20.3.